The molecule has 0 saturated carbocycles. The lowest BCUT2D eigenvalue weighted by molar-refractivity contribution is 0.795. The van der Waals surface area contributed by atoms with Crippen molar-refractivity contribution >= 4 is 11.5 Å². The summed E-state index contributed by atoms with van der Waals surface area (Å²) in [6.07, 6.45) is 3.49. The Kier molecular flexibility index (Phi) is 4.28. The zero-order valence-electron chi connectivity index (χ0n) is 11.2. The first kappa shape index (κ1) is 13.3. The summed E-state index contributed by atoms with van der Waals surface area (Å²) < 4.78 is 0. The Hall–Kier alpha value is -2.17. The van der Waals surface area contributed by atoms with Gasteiger partial charge in [-0.3, -0.25) is 0 Å². The van der Waals surface area contributed by atoms with E-state index in [9.17, 15) is 4.79 Å². The van der Waals surface area contributed by atoms with Gasteiger partial charge >= 0.3 is 5.69 Å². The molecule has 0 amide bonds. The van der Waals surface area contributed by atoms with E-state index < -0.39 is 5.69 Å². The molecule has 5 heteroatoms. The lowest BCUT2D eigenvalue weighted by Crippen LogP contribution is -2.15. The highest BCUT2D eigenvalue weighted by Gasteiger charge is 2.03. The molecule has 100 valence electrons. The van der Waals surface area contributed by atoms with E-state index in [0.29, 0.717) is 11.5 Å². The Balaban J connectivity index is 2.10. The van der Waals surface area contributed by atoms with Crippen LogP contribution in [0.2, 0.25) is 0 Å². The first-order valence-corrected chi connectivity index (χ1v) is 6.48. The molecule has 0 saturated heterocycles. The zero-order valence-corrected chi connectivity index (χ0v) is 11.2. The molecule has 1 aromatic carbocycles. The standard InChI is InChI=1S/C14H18N4O/c1-3-4-5-11-6-8-12(9-7-11)15-13-10(2)17-18-14(19)16-13/h6-9H,3-5H2,1-2H3,(H2,15,16,18,19). The minimum atomic E-state index is -0.451. The first-order chi connectivity index (χ1) is 9.19. The predicted octanol–water partition coefficient (Wildman–Crippen LogP) is 2.56. The first-order valence-electron chi connectivity index (χ1n) is 6.48. The minimum absolute atomic E-state index is 0.451. The van der Waals surface area contributed by atoms with Gasteiger partial charge in [-0.05, 0) is 37.5 Å². The minimum Gasteiger partial charge on any atom is -0.338 e. The number of hydrogen-bond acceptors (Lipinski definition) is 4. The number of H-pyrrole nitrogens is 1. The predicted molar refractivity (Wildman–Crippen MR) is 75.7 cm³/mol. The number of anilines is 2. The van der Waals surface area contributed by atoms with E-state index in [4.69, 9.17) is 0 Å². The van der Waals surface area contributed by atoms with Crippen LogP contribution in [0.4, 0.5) is 11.5 Å². The number of benzene rings is 1. The van der Waals surface area contributed by atoms with Gasteiger partial charge in [0.1, 0.15) is 5.69 Å². The van der Waals surface area contributed by atoms with Crippen molar-refractivity contribution in [3.63, 3.8) is 0 Å². The molecule has 5 nitrogen and oxygen atoms in total. The maximum absolute atomic E-state index is 11.1. The highest BCUT2D eigenvalue weighted by Crippen LogP contribution is 2.16. The largest absolute Gasteiger partial charge is 0.363 e. The number of hydrogen-bond donors (Lipinski definition) is 2. The molecule has 0 spiro atoms. The Morgan fingerprint density at radius 3 is 2.68 bits per heavy atom. The number of aromatic amines is 1. The van der Waals surface area contributed by atoms with E-state index in [1.807, 2.05) is 12.1 Å². The molecule has 0 aliphatic rings. The van der Waals surface area contributed by atoms with Crippen LogP contribution in [0.25, 0.3) is 0 Å². The van der Waals surface area contributed by atoms with Gasteiger partial charge in [-0.2, -0.15) is 10.1 Å². The molecule has 0 bridgehead atoms. The third-order valence-corrected chi connectivity index (χ3v) is 2.91. The lowest BCUT2D eigenvalue weighted by atomic mass is 10.1. The topological polar surface area (TPSA) is 70.7 Å². The molecular weight excluding hydrogens is 240 g/mol. The summed E-state index contributed by atoms with van der Waals surface area (Å²) in [6.45, 7) is 3.98. The number of aryl methyl sites for hydroxylation is 2. The van der Waals surface area contributed by atoms with Gasteiger partial charge in [0.25, 0.3) is 0 Å². The van der Waals surface area contributed by atoms with Gasteiger partial charge in [0, 0.05) is 5.69 Å². The Morgan fingerprint density at radius 2 is 2.00 bits per heavy atom. The van der Waals surface area contributed by atoms with Gasteiger partial charge in [0.15, 0.2) is 5.82 Å². The number of rotatable bonds is 5. The SMILES string of the molecule is CCCCc1ccc(Nc2nc(=O)[nH]nc2C)cc1. The molecule has 0 atom stereocenters. The van der Waals surface area contributed by atoms with Crippen molar-refractivity contribution in [2.24, 2.45) is 0 Å². The molecule has 0 unspecified atom stereocenters. The van der Waals surface area contributed by atoms with Gasteiger partial charge in [0.2, 0.25) is 0 Å². The van der Waals surface area contributed by atoms with E-state index in [2.05, 4.69) is 39.6 Å². The highest BCUT2D eigenvalue weighted by atomic mass is 16.1. The molecule has 2 rings (SSSR count). The molecule has 1 heterocycles. The summed E-state index contributed by atoms with van der Waals surface area (Å²) in [5.41, 5.74) is 2.44. The molecule has 19 heavy (non-hydrogen) atoms. The van der Waals surface area contributed by atoms with Gasteiger partial charge in [-0.15, -0.1) is 0 Å². The molecular formula is C14H18N4O. The average Bonchev–Trinajstić information content (AvgIpc) is 2.42. The molecule has 1 aromatic heterocycles. The van der Waals surface area contributed by atoms with Crippen molar-refractivity contribution in [3.05, 3.63) is 46.0 Å². The van der Waals surface area contributed by atoms with Crippen LogP contribution in [0, 0.1) is 6.92 Å². The average molecular weight is 258 g/mol. The van der Waals surface area contributed by atoms with Crippen LogP contribution < -0.4 is 11.0 Å². The monoisotopic (exact) mass is 258 g/mol. The highest BCUT2D eigenvalue weighted by molar-refractivity contribution is 5.57. The molecule has 2 N–H and O–H groups in total. The van der Waals surface area contributed by atoms with Crippen LogP contribution in [-0.4, -0.2) is 15.2 Å². The fourth-order valence-corrected chi connectivity index (χ4v) is 1.78. The molecule has 0 aliphatic carbocycles. The van der Waals surface area contributed by atoms with Crippen molar-refractivity contribution in [1.29, 1.82) is 0 Å². The Labute approximate surface area is 112 Å². The van der Waals surface area contributed by atoms with Crippen LogP contribution in [0.1, 0.15) is 31.0 Å². The second-order valence-corrected chi connectivity index (χ2v) is 4.50. The number of nitrogens with one attached hydrogen (secondary N) is 2. The summed E-state index contributed by atoms with van der Waals surface area (Å²) in [5, 5.41) is 9.27. The summed E-state index contributed by atoms with van der Waals surface area (Å²) in [7, 11) is 0. The molecule has 2 aromatic rings. The smallest absolute Gasteiger partial charge is 0.338 e. The van der Waals surface area contributed by atoms with Crippen LogP contribution >= 0.6 is 0 Å². The molecule has 0 radical (unpaired) electrons. The number of nitrogens with zero attached hydrogens (tertiary/aromatic N) is 2. The molecule has 0 aliphatic heterocycles. The van der Waals surface area contributed by atoms with Crippen molar-refractivity contribution in [2.75, 3.05) is 5.32 Å². The van der Waals surface area contributed by atoms with Crippen molar-refractivity contribution in [2.45, 2.75) is 33.1 Å². The third-order valence-electron chi connectivity index (χ3n) is 2.91. The Morgan fingerprint density at radius 1 is 1.26 bits per heavy atom. The number of aromatic nitrogens is 3. The summed E-state index contributed by atoms with van der Waals surface area (Å²) >= 11 is 0. The van der Waals surface area contributed by atoms with E-state index in [-0.39, 0.29) is 0 Å². The third kappa shape index (κ3) is 3.64. The molecule has 0 fully saturated rings. The van der Waals surface area contributed by atoms with E-state index >= 15 is 0 Å². The fraction of sp³-hybridized carbons (Fsp3) is 0.357. The van der Waals surface area contributed by atoms with Crippen LogP contribution in [-0.2, 0) is 6.42 Å². The summed E-state index contributed by atoms with van der Waals surface area (Å²) in [5.74, 6) is 0.491. The second-order valence-electron chi connectivity index (χ2n) is 4.50. The van der Waals surface area contributed by atoms with Gasteiger partial charge < -0.3 is 5.32 Å². The van der Waals surface area contributed by atoms with Crippen molar-refractivity contribution < 1.29 is 0 Å². The van der Waals surface area contributed by atoms with Gasteiger partial charge in [-0.25, -0.2) is 9.89 Å². The van der Waals surface area contributed by atoms with E-state index in [1.54, 1.807) is 6.92 Å². The van der Waals surface area contributed by atoms with Crippen LogP contribution in [0.3, 0.4) is 0 Å². The van der Waals surface area contributed by atoms with Gasteiger partial charge in [0.05, 0.1) is 0 Å². The zero-order chi connectivity index (χ0) is 13.7. The summed E-state index contributed by atoms with van der Waals surface area (Å²) in [6, 6.07) is 8.17. The second kappa shape index (κ2) is 6.13. The van der Waals surface area contributed by atoms with Crippen LogP contribution in [0.5, 0.6) is 0 Å². The van der Waals surface area contributed by atoms with Gasteiger partial charge in [-0.1, -0.05) is 25.5 Å². The van der Waals surface area contributed by atoms with Crippen LogP contribution in [0.15, 0.2) is 29.1 Å². The Bertz CT molecular complexity index is 589. The quantitative estimate of drug-likeness (QED) is 0.864. The maximum Gasteiger partial charge on any atom is 0.363 e. The number of unbranched alkanes of at least 4 members (excludes halogenated alkanes) is 1. The van der Waals surface area contributed by atoms with E-state index in [1.165, 1.54) is 18.4 Å². The normalized spacial score (nSPS) is 10.4. The van der Waals surface area contributed by atoms with Crippen molar-refractivity contribution in [1.82, 2.24) is 15.2 Å². The van der Waals surface area contributed by atoms with E-state index in [0.717, 1.165) is 12.1 Å². The van der Waals surface area contributed by atoms with Crippen molar-refractivity contribution in [3.8, 4) is 0 Å². The summed E-state index contributed by atoms with van der Waals surface area (Å²) in [4.78, 5) is 15.0. The fourth-order valence-electron chi connectivity index (χ4n) is 1.78. The lowest BCUT2D eigenvalue weighted by Gasteiger charge is -2.07. The maximum atomic E-state index is 11.1.